The van der Waals surface area contributed by atoms with Crippen molar-refractivity contribution < 1.29 is 22.8 Å². The summed E-state index contributed by atoms with van der Waals surface area (Å²) < 4.78 is 40.4. The summed E-state index contributed by atoms with van der Waals surface area (Å²) in [7, 11) is 0. The molecule has 3 nitrogen and oxygen atoms in total. The number of nitrogens with one attached hydrogen (secondary N) is 1. The third kappa shape index (κ3) is 3.32. The van der Waals surface area contributed by atoms with Gasteiger partial charge < -0.3 is 5.32 Å². The predicted molar refractivity (Wildman–Crippen MR) is 95.3 cm³/mol. The molecule has 1 N–H and O–H groups in total. The second kappa shape index (κ2) is 6.64. The van der Waals surface area contributed by atoms with Crippen molar-refractivity contribution in [2.45, 2.75) is 37.3 Å². The number of Topliss-reactive ketones (excluding diaryl/α,β-unsaturated/α-hetero) is 1. The van der Waals surface area contributed by atoms with Gasteiger partial charge in [0, 0.05) is 40.8 Å². The third-order valence-corrected chi connectivity index (χ3v) is 6.16. The van der Waals surface area contributed by atoms with E-state index in [0.717, 1.165) is 10.9 Å². The normalized spacial score (nSPS) is 23.2. The molecule has 140 valence electrons. The number of rotatable bonds is 2. The number of alkyl halides is 3. The van der Waals surface area contributed by atoms with E-state index >= 15 is 0 Å². The molecule has 1 amide bonds. The van der Waals surface area contributed by atoms with E-state index in [4.69, 9.17) is 0 Å². The van der Waals surface area contributed by atoms with Crippen molar-refractivity contribution in [1.82, 2.24) is 5.32 Å². The Morgan fingerprint density at radius 1 is 1.00 bits per heavy atom. The van der Waals surface area contributed by atoms with Crippen LogP contribution >= 0.6 is 11.3 Å². The van der Waals surface area contributed by atoms with Gasteiger partial charge in [0.05, 0.1) is 5.56 Å². The molecule has 1 aromatic heterocycles. The number of carbonyl (C=O) groups excluding carboxylic acids is 2. The fraction of sp³-hybridized carbons (Fsp3) is 0.300. The highest BCUT2D eigenvalue weighted by atomic mass is 32.1. The molecule has 0 bridgehead atoms. The molecule has 2 aromatic rings. The summed E-state index contributed by atoms with van der Waals surface area (Å²) in [4.78, 5) is 26.2. The molecule has 1 aromatic carbocycles. The SMILES string of the molecule is O=C1C[C@H](c2ccccc2C(F)(F)F)C2=C(C[C@H](c3cccs3)CC2=O)N1. The highest BCUT2D eigenvalue weighted by molar-refractivity contribution is 7.10. The summed E-state index contributed by atoms with van der Waals surface area (Å²) in [5.41, 5.74) is 0.0157. The lowest BCUT2D eigenvalue weighted by Crippen LogP contribution is -2.38. The van der Waals surface area contributed by atoms with Crippen LogP contribution in [-0.2, 0) is 15.8 Å². The molecule has 0 fully saturated rings. The highest BCUT2D eigenvalue weighted by Gasteiger charge is 2.42. The van der Waals surface area contributed by atoms with Gasteiger partial charge in [-0.05, 0) is 29.5 Å². The van der Waals surface area contributed by atoms with E-state index in [2.05, 4.69) is 5.32 Å². The molecule has 1 aliphatic heterocycles. The third-order valence-electron chi connectivity index (χ3n) is 5.12. The number of benzene rings is 1. The molecule has 0 unspecified atom stereocenters. The molecule has 0 saturated heterocycles. The van der Waals surface area contributed by atoms with Crippen molar-refractivity contribution in [1.29, 1.82) is 0 Å². The minimum absolute atomic E-state index is 0.00438. The van der Waals surface area contributed by atoms with E-state index in [1.807, 2.05) is 17.5 Å². The van der Waals surface area contributed by atoms with Crippen LogP contribution in [0.2, 0.25) is 0 Å². The van der Waals surface area contributed by atoms with Crippen LogP contribution in [0.1, 0.15) is 47.1 Å². The zero-order valence-corrected chi connectivity index (χ0v) is 15.0. The number of allylic oxidation sites excluding steroid dienone is 2. The standard InChI is InChI=1S/C20H16F3NO2S/c21-20(22,23)14-5-2-1-4-12(14)13-10-18(26)24-15-8-11(9-16(25)19(13)15)17-6-3-7-27-17/h1-7,11,13H,8-10H2,(H,24,26)/t11-,13+/m0/s1. The first-order valence-corrected chi connectivity index (χ1v) is 9.48. The van der Waals surface area contributed by atoms with E-state index in [9.17, 15) is 22.8 Å². The van der Waals surface area contributed by atoms with Gasteiger partial charge in [-0.15, -0.1) is 11.3 Å². The van der Waals surface area contributed by atoms with Crippen molar-refractivity contribution in [3.05, 3.63) is 69.1 Å². The summed E-state index contributed by atoms with van der Waals surface area (Å²) in [6.07, 6.45) is -3.98. The first-order valence-electron chi connectivity index (χ1n) is 8.60. The predicted octanol–water partition coefficient (Wildman–Crippen LogP) is 4.77. The van der Waals surface area contributed by atoms with Crippen molar-refractivity contribution in [2.75, 3.05) is 0 Å². The fourth-order valence-corrected chi connectivity index (χ4v) is 4.84. The van der Waals surface area contributed by atoms with Gasteiger partial charge in [0.15, 0.2) is 5.78 Å². The maximum atomic E-state index is 13.5. The topological polar surface area (TPSA) is 46.2 Å². The van der Waals surface area contributed by atoms with Crippen molar-refractivity contribution in [2.24, 2.45) is 0 Å². The largest absolute Gasteiger partial charge is 0.416 e. The highest BCUT2D eigenvalue weighted by Crippen LogP contribution is 2.46. The smallest absolute Gasteiger partial charge is 0.329 e. The number of thiophene rings is 1. The van der Waals surface area contributed by atoms with Gasteiger partial charge in [-0.3, -0.25) is 9.59 Å². The van der Waals surface area contributed by atoms with Crippen LogP contribution in [0, 0.1) is 0 Å². The lowest BCUT2D eigenvalue weighted by atomic mass is 9.74. The minimum Gasteiger partial charge on any atom is -0.329 e. The molecule has 1 aliphatic carbocycles. The Labute approximate surface area is 157 Å². The Kier molecular flexibility index (Phi) is 4.42. The van der Waals surface area contributed by atoms with Crippen molar-refractivity contribution >= 4 is 23.0 Å². The lowest BCUT2D eigenvalue weighted by Gasteiger charge is -2.35. The molecular formula is C20H16F3NO2S. The van der Waals surface area contributed by atoms with Crippen LogP contribution in [0.4, 0.5) is 13.2 Å². The molecule has 7 heteroatoms. The Balaban J connectivity index is 1.79. The average Bonchev–Trinajstić information content (AvgIpc) is 3.14. The second-order valence-electron chi connectivity index (χ2n) is 6.83. The summed E-state index contributed by atoms with van der Waals surface area (Å²) in [5.74, 6) is -1.44. The van der Waals surface area contributed by atoms with Gasteiger partial charge in [-0.2, -0.15) is 13.2 Å². The molecule has 0 saturated carbocycles. The molecule has 0 spiro atoms. The number of hydrogen-bond acceptors (Lipinski definition) is 3. The fourth-order valence-electron chi connectivity index (χ4n) is 4.01. The first kappa shape index (κ1) is 18.0. The first-order chi connectivity index (χ1) is 12.8. The molecule has 2 atom stereocenters. The van der Waals surface area contributed by atoms with Crippen LogP contribution in [0.15, 0.2) is 53.0 Å². The van der Waals surface area contributed by atoms with Gasteiger partial charge in [0.25, 0.3) is 0 Å². The van der Waals surface area contributed by atoms with Crippen LogP contribution in [0.5, 0.6) is 0 Å². The zero-order valence-electron chi connectivity index (χ0n) is 14.2. The molecule has 0 radical (unpaired) electrons. The molecule has 4 rings (SSSR count). The Morgan fingerprint density at radius 3 is 2.48 bits per heavy atom. The van der Waals surface area contributed by atoms with Crippen molar-refractivity contribution in [3.8, 4) is 0 Å². The van der Waals surface area contributed by atoms with Crippen molar-refractivity contribution in [3.63, 3.8) is 0 Å². The molecule has 27 heavy (non-hydrogen) atoms. The van der Waals surface area contributed by atoms with E-state index < -0.39 is 17.7 Å². The zero-order chi connectivity index (χ0) is 19.2. The second-order valence-corrected chi connectivity index (χ2v) is 7.81. The van der Waals surface area contributed by atoms with E-state index in [0.29, 0.717) is 17.7 Å². The Morgan fingerprint density at radius 2 is 1.78 bits per heavy atom. The number of halogens is 3. The number of ketones is 1. The summed E-state index contributed by atoms with van der Waals surface area (Å²) in [5, 5.41) is 4.66. The van der Waals surface area contributed by atoms with Crippen LogP contribution in [0.3, 0.4) is 0 Å². The quantitative estimate of drug-likeness (QED) is 0.802. The van der Waals surface area contributed by atoms with Gasteiger partial charge in [-0.25, -0.2) is 0 Å². The number of carbonyl (C=O) groups is 2. The molecule has 2 aliphatic rings. The van der Waals surface area contributed by atoms with Crippen LogP contribution in [-0.4, -0.2) is 11.7 Å². The van der Waals surface area contributed by atoms with Gasteiger partial charge in [0.1, 0.15) is 0 Å². The van der Waals surface area contributed by atoms with Crippen LogP contribution in [0.25, 0.3) is 0 Å². The Bertz CT molecular complexity index is 931. The lowest BCUT2D eigenvalue weighted by molar-refractivity contribution is -0.138. The molecule has 2 heterocycles. The minimum atomic E-state index is -4.54. The van der Waals surface area contributed by atoms with Crippen LogP contribution < -0.4 is 5.32 Å². The summed E-state index contributed by atoms with van der Waals surface area (Å²) >= 11 is 1.54. The summed E-state index contributed by atoms with van der Waals surface area (Å²) in [6.45, 7) is 0. The maximum Gasteiger partial charge on any atom is 0.416 e. The van der Waals surface area contributed by atoms with Gasteiger partial charge in [-0.1, -0.05) is 24.3 Å². The monoisotopic (exact) mass is 391 g/mol. The maximum absolute atomic E-state index is 13.5. The summed E-state index contributed by atoms with van der Waals surface area (Å²) in [6, 6.07) is 9.05. The van der Waals surface area contributed by atoms with E-state index in [-0.39, 0.29) is 36.0 Å². The average molecular weight is 391 g/mol. The van der Waals surface area contributed by atoms with E-state index in [1.54, 1.807) is 0 Å². The number of amides is 1. The molecular weight excluding hydrogens is 375 g/mol. The van der Waals surface area contributed by atoms with E-state index in [1.165, 1.54) is 29.5 Å². The van der Waals surface area contributed by atoms with Gasteiger partial charge >= 0.3 is 6.18 Å². The Hall–Kier alpha value is -2.41. The van der Waals surface area contributed by atoms with Gasteiger partial charge in [0.2, 0.25) is 5.91 Å². The number of hydrogen-bond donors (Lipinski definition) is 1.